The summed E-state index contributed by atoms with van der Waals surface area (Å²) >= 11 is 6.08. The first-order chi connectivity index (χ1) is 14.3. The maximum Gasteiger partial charge on any atom is 0.223 e. The maximum absolute atomic E-state index is 13.8. The number of benzene rings is 3. The molecule has 0 atom stereocenters. The molecule has 4 rings (SSSR count). The predicted octanol–water partition coefficient (Wildman–Crippen LogP) is 5.67. The molecule has 0 unspecified atom stereocenters. The average Bonchev–Trinajstić information content (AvgIpc) is 2.72. The fourth-order valence-electron chi connectivity index (χ4n) is 3.14. The van der Waals surface area contributed by atoms with Crippen LogP contribution in [0.1, 0.15) is 0 Å². The Morgan fingerprint density at radius 1 is 0.933 bits per heavy atom. The summed E-state index contributed by atoms with van der Waals surface area (Å²) < 4.78 is 59.2. The number of methoxy groups -OCH3 is 1. The van der Waals surface area contributed by atoms with Gasteiger partial charge in [0.05, 0.1) is 22.5 Å². The Kier molecular flexibility index (Phi) is 5.17. The van der Waals surface area contributed by atoms with Crippen LogP contribution in [0.3, 0.4) is 0 Å². The van der Waals surface area contributed by atoms with Crippen molar-refractivity contribution in [3.05, 3.63) is 83.4 Å². The highest BCUT2D eigenvalue weighted by Crippen LogP contribution is 2.34. The number of sulfone groups is 1. The zero-order valence-electron chi connectivity index (χ0n) is 15.6. The Bertz CT molecular complexity index is 1390. The van der Waals surface area contributed by atoms with Gasteiger partial charge in [-0.15, -0.1) is 0 Å². The normalized spacial score (nSPS) is 11.6. The molecular formula is C22H14ClF2NO3S. The molecule has 4 aromatic rings. The van der Waals surface area contributed by atoms with E-state index < -0.39 is 21.5 Å². The molecule has 1 heterocycles. The van der Waals surface area contributed by atoms with Gasteiger partial charge in [0.25, 0.3) is 0 Å². The van der Waals surface area contributed by atoms with E-state index in [-0.39, 0.29) is 20.5 Å². The van der Waals surface area contributed by atoms with Gasteiger partial charge < -0.3 is 4.74 Å². The van der Waals surface area contributed by atoms with Crippen molar-refractivity contribution in [2.75, 3.05) is 7.11 Å². The van der Waals surface area contributed by atoms with Crippen LogP contribution in [0.5, 0.6) is 5.75 Å². The molecule has 0 N–H and O–H groups in total. The largest absolute Gasteiger partial charge is 0.495 e. The Morgan fingerprint density at radius 2 is 1.70 bits per heavy atom. The van der Waals surface area contributed by atoms with E-state index >= 15 is 0 Å². The minimum atomic E-state index is -4.10. The lowest BCUT2D eigenvalue weighted by atomic mass is 10.0. The van der Waals surface area contributed by atoms with Gasteiger partial charge in [0, 0.05) is 11.5 Å². The topological polar surface area (TPSA) is 56.3 Å². The van der Waals surface area contributed by atoms with Crippen LogP contribution in [-0.4, -0.2) is 20.5 Å². The van der Waals surface area contributed by atoms with E-state index in [0.29, 0.717) is 22.3 Å². The lowest BCUT2D eigenvalue weighted by molar-refractivity contribution is 0.414. The number of aromatic nitrogens is 1. The zero-order chi connectivity index (χ0) is 21.5. The molecule has 152 valence electrons. The Labute approximate surface area is 176 Å². The summed E-state index contributed by atoms with van der Waals surface area (Å²) in [5.41, 5.74) is 0.992. The third-order valence-corrected chi connectivity index (χ3v) is 6.52. The number of rotatable bonds is 4. The standard InChI is InChI=1S/C22H14ClF2NO3S/c1-29-21-8-6-16(11-19(21)23)30(27,28)22-12-18(13-3-2-4-14(24)9-13)17-7-5-15(25)10-20(17)26-22/h2-12H,1H3. The Balaban J connectivity index is 1.98. The van der Waals surface area contributed by atoms with Crippen LogP contribution in [0.15, 0.2) is 76.7 Å². The van der Waals surface area contributed by atoms with Crippen LogP contribution in [0.25, 0.3) is 22.0 Å². The van der Waals surface area contributed by atoms with Gasteiger partial charge in [-0.05, 0) is 59.7 Å². The quantitative estimate of drug-likeness (QED) is 0.406. The van der Waals surface area contributed by atoms with Gasteiger partial charge in [0.2, 0.25) is 9.84 Å². The summed E-state index contributed by atoms with van der Waals surface area (Å²) in [4.78, 5) is 4.07. The lowest BCUT2D eigenvalue weighted by Gasteiger charge is -2.12. The molecule has 0 aliphatic heterocycles. The molecule has 0 saturated carbocycles. The highest BCUT2D eigenvalue weighted by molar-refractivity contribution is 7.91. The Morgan fingerprint density at radius 3 is 2.40 bits per heavy atom. The number of halogens is 3. The summed E-state index contributed by atoms with van der Waals surface area (Å²) in [5.74, 6) is -0.724. The first-order valence-electron chi connectivity index (χ1n) is 8.74. The fourth-order valence-corrected chi connectivity index (χ4v) is 4.72. The minimum Gasteiger partial charge on any atom is -0.495 e. The van der Waals surface area contributed by atoms with Crippen LogP contribution in [0.2, 0.25) is 5.02 Å². The van der Waals surface area contributed by atoms with Crippen molar-refractivity contribution < 1.29 is 21.9 Å². The number of hydrogen-bond donors (Lipinski definition) is 0. The molecule has 0 spiro atoms. The van der Waals surface area contributed by atoms with Crippen LogP contribution < -0.4 is 4.74 Å². The maximum atomic E-state index is 13.8. The molecule has 0 saturated heterocycles. The minimum absolute atomic E-state index is 0.0956. The Hall–Kier alpha value is -3.03. The van der Waals surface area contributed by atoms with Gasteiger partial charge in [-0.25, -0.2) is 22.2 Å². The van der Waals surface area contributed by atoms with Crippen molar-refractivity contribution in [2.24, 2.45) is 0 Å². The van der Waals surface area contributed by atoms with E-state index in [4.69, 9.17) is 16.3 Å². The van der Waals surface area contributed by atoms with Crippen LogP contribution >= 0.6 is 11.6 Å². The fraction of sp³-hybridized carbons (Fsp3) is 0.0455. The molecule has 30 heavy (non-hydrogen) atoms. The molecule has 0 bridgehead atoms. The first-order valence-corrected chi connectivity index (χ1v) is 10.6. The zero-order valence-corrected chi connectivity index (χ0v) is 17.1. The monoisotopic (exact) mass is 445 g/mol. The summed E-state index contributed by atoms with van der Waals surface area (Å²) in [6.45, 7) is 0. The van der Waals surface area contributed by atoms with Crippen molar-refractivity contribution >= 4 is 32.3 Å². The molecule has 0 amide bonds. The lowest BCUT2D eigenvalue weighted by Crippen LogP contribution is -2.06. The van der Waals surface area contributed by atoms with Crippen molar-refractivity contribution in [3.8, 4) is 16.9 Å². The molecule has 0 fully saturated rings. The number of fused-ring (bicyclic) bond motifs is 1. The van der Waals surface area contributed by atoms with Gasteiger partial charge in [0.1, 0.15) is 17.4 Å². The van der Waals surface area contributed by atoms with Crippen molar-refractivity contribution in [1.82, 2.24) is 4.98 Å². The average molecular weight is 446 g/mol. The molecule has 1 aromatic heterocycles. The van der Waals surface area contributed by atoms with E-state index in [1.54, 1.807) is 6.07 Å². The molecular weight excluding hydrogens is 432 g/mol. The van der Waals surface area contributed by atoms with Gasteiger partial charge in [-0.2, -0.15) is 0 Å². The summed E-state index contributed by atoms with van der Waals surface area (Å²) in [6.07, 6.45) is 0. The van der Waals surface area contributed by atoms with E-state index in [9.17, 15) is 17.2 Å². The SMILES string of the molecule is COc1ccc(S(=O)(=O)c2cc(-c3cccc(F)c3)c3ccc(F)cc3n2)cc1Cl. The van der Waals surface area contributed by atoms with Crippen LogP contribution in [-0.2, 0) is 9.84 Å². The molecule has 4 nitrogen and oxygen atoms in total. The second-order valence-corrected chi connectivity index (χ2v) is 8.78. The van der Waals surface area contributed by atoms with Crippen molar-refractivity contribution in [2.45, 2.75) is 9.92 Å². The summed E-state index contributed by atoms with van der Waals surface area (Å²) in [5, 5.41) is 0.311. The van der Waals surface area contributed by atoms with Gasteiger partial charge >= 0.3 is 0 Å². The smallest absolute Gasteiger partial charge is 0.223 e. The highest BCUT2D eigenvalue weighted by atomic mass is 35.5. The van der Waals surface area contributed by atoms with Crippen LogP contribution in [0, 0.1) is 11.6 Å². The van der Waals surface area contributed by atoms with Gasteiger partial charge in [0.15, 0.2) is 5.03 Å². The first kappa shape index (κ1) is 20.3. The summed E-state index contributed by atoms with van der Waals surface area (Å²) in [6, 6.07) is 15.0. The number of nitrogens with zero attached hydrogens (tertiary/aromatic N) is 1. The third-order valence-electron chi connectivity index (χ3n) is 4.59. The number of hydrogen-bond acceptors (Lipinski definition) is 4. The van der Waals surface area contributed by atoms with E-state index in [1.165, 1.54) is 61.7 Å². The second kappa shape index (κ2) is 7.66. The third kappa shape index (κ3) is 3.62. The van der Waals surface area contributed by atoms with Crippen molar-refractivity contribution in [1.29, 1.82) is 0 Å². The summed E-state index contributed by atoms with van der Waals surface area (Å²) in [7, 11) is -2.68. The molecule has 8 heteroatoms. The molecule has 0 aliphatic rings. The van der Waals surface area contributed by atoms with E-state index in [2.05, 4.69) is 4.98 Å². The predicted molar refractivity (Wildman–Crippen MR) is 111 cm³/mol. The van der Waals surface area contributed by atoms with Crippen molar-refractivity contribution in [3.63, 3.8) is 0 Å². The van der Waals surface area contributed by atoms with E-state index in [1.807, 2.05) is 0 Å². The molecule has 0 radical (unpaired) electrons. The van der Waals surface area contributed by atoms with E-state index in [0.717, 1.165) is 6.07 Å². The number of ether oxygens (including phenoxy) is 1. The second-order valence-electron chi connectivity index (χ2n) is 6.48. The van der Waals surface area contributed by atoms with Gasteiger partial charge in [-0.3, -0.25) is 0 Å². The van der Waals surface area contributed by atoms with Gasteiger partial charge in [-0.1, -0.05) is 23.7 Å². The molecule has 0 aliphatic carbocycles. The van der Waals surface area contributed by atoms with Crippen LogP contribution in [0.4, 0.5) is 8.78 Å². The molecule has 3 aromatic carbocycles. The number of pyridine rings is 1. The highest BCUT2D eigenvalue weighted by Gasteiger charge is 2.23.